The molecule has 0 aliphatic heterocycles. The quantitative estimate of drug-likeness (QED) is 0.625. The van der Waals surface area contributed by atoms with Crippen molar-refractivity contribution in [3.05, 3.63) is 28.1 Å². The lowest BCUT2D eigenvalue weighted by Gasteiger charge is -2.20. The fraction of sp³-hybridized carbons (Fsp3) is 0.455. The van der Waals surface area contributed by atoms with Gasteiger partial charge in [0, 0.05) is 11.6 Å². The summed E-state index contributed by atoms with van der Waals surface area (Å²) >= 11 is 0. The molecule has 2 N–H and O–H groups in total. The van der Waals surface area contributed by atoms with Gasteiger partial charge in [0.2, 0.25) is 5.91 Å². The van der Waals surface area contributed by atoms with Gasteiger partial charge in [-0.2, -0.15) is 0 Å². The number of nitrogens with zero attached hydrogens (tertiary/aromatic N) is 2. The number of hydrogen-bond donors (Lipinski definition) is 2. The van der Waals surface area contributed by atoms with E-state index in [0.29, 0.717) is 0 Å². The van der Waals surface area contributed by atoms with E-state index in [2.05, 4.69) is 5.32 Å². The Bertz CT molecular complexity index is 527. The van der Waals surface area contributed by atoms with E-state index < -0.39 is 22.3 Å². The second-order valence-electron chi connectivity index (χ2n) is 5.07. The summed E-state index contributed by atoms with van der Waals surface area (Å²) in [6.45, 7) is 5.05. The summed E-state index contributed by atoms with van der Waals surface area (Å²) in [6.07, 6.45) is 1.03. The average Bonchev–Trinajstić information content (AvgIpc) is 2.58. The molecule has 8 nitrogen and oxygen atoms in total. The van der Waals surface area contributed by atoms with Crippen LogP contribution in [0.4, 0.5) is 5.69 Å². The first-order valence-corrected chi connectivity index (χ1v) is 5.49. The minimum atomic E-state index is -1.32. The molecule has 1 rings (SSSR count). The zero-order valence-electron chi connectivity index (χ0n) is 10.8. The average molecular weight is 269 g/mol. The maximum Gasteiger partial charge on any atom is 0.352 e. The maximum absolute atomic E-state index is 11.7. The van der Waals surface area contributed by atoms with Crippen molar-refractivity contribution < 1.29 is 19.6 Å². The largest absolute Gasteiger partial charge is 0.477 e. The third-order valence-electron chi connectivity index (χ3n) is 2.14. The van der Waals surface area contributed by atoms with E-state index in [4.69, 9.17) is 5.11 Å². The molecule has 0 fully saturated rings. The Morgan fingerprint density at radius 2 is 2.05 bits per heavy atom. The summed E-state index contributed by atoms with van der Waals surface area (Å²) < 4.78 is 1.04. The summed E-state index contributed by atoms with van der Waals surface area (Å²) in [7, 11) is 0. The minimum absolute atomic E-state index is 0.285. The van der Waals surface area contributed by atoms with Crippen LogP contribution in [0.5, 0.6) is 0 Å². The number of nitro groups is 1. The predicted octanol–water partition coefficient (Wildman–Crippen LogP) is 1.01. The van der Waals surface area contributed by atoms with Crippen molar-refractivity contribution >= 4 is 17.6 Å². The molecule has 1 aromatic heterocycles. The standard InChI is InChI=1S/C11H15N3O5/c1-11(2,3)12-9(15)6-13-5-7(14(18)19)4-8(13)10(16)17/h4-5H,6H2,1-3H3,(H,12,15)(H,16,17). The number of nitrogens with one attached hydrogen (secondary N) is 1. The summed E-state index contributed by atoms with van der Waals surface area (Å²) in [6, 6.07) is 0.923. The van der Waals surface area contributed by atoms with E-state index in [0.717, 1.165) is 16.8 Å². The number of carboxylic acid groups (broad SMARTS) is 1. The normalized spacial score (nSPS) is 11.1. The highest BCUT2D eigenvalue weighted by molar-refractivity contribution is 5.88. The van der Waals surface area contributed by atoms with E-state index in [-0.39, 0.29) is 17.9 Å². The number of aromatic carboxylic acids is 1. The van der Waals surface area contributed by atoms with Crippen LogP contribution in [-0.4, -0.2) is 32.0 Å². The lowest BCUT2D eigenvalue weighted by Crippen LogP contribution is -2.42. The molecule has 8 heteroatoms. The molecule has 0 saturated carbocycles. The molecular weight excluding hydrogens is 254 g/mol. The van der Waals surface area contributed by atoms with Crippen molar-refractivity contribution in [1.82, 2.24) is 9.88 Å². The first kappa shape index (κ1) is 14.7. The van der Waals surface area contributed by atoms with Gasteiger partial charge in [0.1, 0.15) is 12.2 Å². The molecule has 0 saturated heterocycles. The topological polar surface area (TPSA) is 114 Å². The van der Waals surface area contributed by atoms with Crippen LogP contribution in [0.3, 0.4) is 0 Å². The lowest BCUT2D eigenvalue weighted by atomic mass is 10.1. The van der Waals surface area contributed by atoms with E-state index in [1.165, 1.54) is 0 Å². The van der Waals surface area contributed by atoms with Gasteiger partial charge in [-0.3, -0.25) is 14.9 Å². The third kappa shape index (κ3) is 4.09. The van der Waals surface area contributed by atoms with Crippen molar-refractivity contribution in [3.8, 4) is 0 Å². The Balaban J connectivity index is 2.97. The third-order valence-corrected chi connectivity index (χ3v) is 2.14. The van der Waals surface area contributed by atoms with Crippen molar-refractivity contribution in [2.75, 3.05) is 0 Å². The molecule has 104 valence electrons. The second-order valence-corrected chi connectivity index (χ2v) is 5.07. The Morgan fingerprint density at radius 1 is 1.47 bits per heavy atom. The highest BCUT2D eigenvalue weighted by atomic mass is 16.6. The minimum Gasteiger partial charge on any atom is -0.477 e. The Morgan fingerprint density at radius 3 is 2.47 bits per heavy atom. The Kier molecular flexibility index (Phi) is 3.93. The summed E-state index contributed by atoms with van der Waals surface area (Å²) in [5.74, 6) is -1.74. The first-order valence-electron chi connectivity index (χ1n) is 5.49. The Labute approximate surface area is 109 Å². The van der Waals surface area contributed by atoms with Crippen LogP contribution in [0.15, 0.2) is 12.3 Å². The van der Waals surface area contributed by atoms with Crippen molar-refractivity contribution in [2.24, 2.45) is 0 Å². The molecule has 1 amide bonds. The Hall–Kier alpha value is -2.38. The molecule has 0 atom stereocenters. The van der Waals surface area contributed by atoms with Gasteiger partial charge in [0.15, 0.2) is 0 Å². The molecule has 0 aliphatic carbocycles. The van der Waals surface area contributed by atoms with Crippen LogP contribution >= 0.6 is 0 Å². The van der Waals surface area contributed by atoms with E-state index in [1.54, 1.807) is 20.8 Å². The van der Waals surface area contributed by atoms with Gasteiger partial charge in [-0.15, -0.1) is 0 Å². The first-order chi connectivity index (χ1) is 8.60. The number of amides is 1. The van der Waals surface area contributed by atoms with Crippen molar-refractivity contribution in [1.29, 1.82) is 0 Å². The van der Waals surface area contributed by atoms with Gasteiger partial charge >= 0.3 is 5.97 Å². The molecule has 0 spiro atoms. The second kappa shape index (κ2) is 5.09. The molecule has 0 unspecified atom stereocenters. The summed E-state index contributed by atoms with van der Waals surface area (Å²) in [4.78, 5) is 32.5. The van der Waals surface area contributed by atoms with Crippen LogP contribution in [0.2, 0.25) is 0 Å². The van der Waals surface area contributed by atoms with Gasteiger partial charge in [-0.05, 0) is 20.8 Å². The number of rotatable bonds is 4. The van der Waals surface area contributed by atoms with Crippen LogP contribution in [0.1, 0.15) is 31.3 Å². The van der Waals surface area contributed by atoms with E-state index in [9.17, 15) is 19.7 Å². The SMILES string of the molecule is CC(C)(C)NC(=O)Cn1cc([N+](=O)[O-])cc1C(=O)O. The highest BCUT2D eigenvalue weighted by Gasteiger charge is 2.21. The lowest BCUT2D eigenvalue weighted by molar-refractivity contribution is -0.384. The summed E-state index contributed by atoms with van der Waals surface area (Å²) in [5, 5.41) is 22.2. The molecule has 0 radical (unpaired) electrons. The van der Waals surface area contributed by atoms with Gasteiger partial charge in [-0.25, -0.2) is 4.79 Å². The van der Waals surface area contributed by atoms with Gasteiger partial charge < -0.3 is 15.0 Å². The van der Waals surface area contributed by atoms with Crippen molar-refractivity contribution in [2.45, 2.75) is 32.9 Å². The van der Waals surface area contributed by atoms with Gasteiger partial charge in [0.25, 0.3) is 5.69 Å². The van der Waals surface area contributed by atoms with Gasteiger partial charge in [0.05, 0.1) is 11.1 Å². The zero-order valence-corrected chi connectivity index (χ0v) is 10.8. The smallest absolute Gasteiger partial charge is 0.352 e. The molecule has 1 aromatic rings. The molecule has 0 aliphatic rings. The summed E-state index contributed by atoms with van der Waals surface area (Å²) in [5.41, 5.74) is -1.11. The molecule has 1 heterocycles. The number of aromatic nitrogens is 1. The molecule has 0 aromatic carbocycles. The number of carbonyl (C=O) groups excluding carboxylic acids is 1. The van der Waals surface area contributed by atoms with E-state index in [1.807, 2.05) is 0 Å². The maximum atomic E-state index is 11.7. The zero-order chi connectivity index (χ0) is 14.8. The van der Waals surface area contributed by atoms with Crippen LogP contribution in [-0.2, 0) is 11.3 Å². The number of hydrogen-bond acceptors (Lipinski definition) is 4. The predicted molar refractivity (Wildman–Crippen MR) is 65.9 cm³/mol. The highest BCUT2D eigenvalue weighted by Crippen LogP contribution is 2.16. The fourth-order valence-electron chi connectivity index (χ4n) is 1.52. The van der Waals surface area contributed by atoms with Crippen LogP contribution in [0.25, 0.3) is 0 Å². The molecular formula is C11H15N3O5. The fourth-order valence-corrected chi connectivity index (χ4v) is 1.52. The molecule has 19 heavy (non-hydrogen) atoms. The van der Waals surface area contributed by atoms with Crippen LogP contribution in [0, 0.1) is 10.1 Å². The number of carbonyl (C=O) groups is 2. The van der Waals surface area contributed by atoms with Crippen molar-refractivity contribution in [3.63, 3.8) is 0 Å². The monoisotopic (exact) mass is 269 g/mol. The van der Waals surface area contributed by atoms with Crippen LogP contribution < -0.4 is 5.32 Å². The number of carboxylic acids is 1. The van der Waals surface area contributed by atoms with E-state index >= 15 is 0 Å². The molecule has 0 bridgehead atoms. The van der Waals surface area contributed by atoms with Gasteiger partial charge in [-0.1, -0.05) is 0 Å².